The van der Waals surface area contributed by atoms with E-state index in [1.165, 1.54) is 11.1 Å². The van der Waals surface area contributed by atoms with Crippen LogP contribution < -0.4 is 10.2 Å². The van der Waals surface area contributed by atoms with Gasteiger partial charge in [-0.3, -0.25) is 4.79 Å². The van der Waals surface area contributed by atoms with Crippen LogP contribution in [0.4, 0.5) is 5.69 Å². The van der Waals surface area contributed by atoms with Crippen molar-refractivity contribution < 1.29 is 9.90 Å². The van der Waals surface area contributed by atoms with Gasteiger partial charge in [-0.25, -0.2) is 0 Å². The molecule has 2 N–H and O–H groups in total. The van der Waals surface area contributed by atoms with E-state index in [1.807, 2.05) is 0 Å². The molecule has 0 aliphatic carbocycles. The van der Waals surface area contributed by atoms with E-state index in [1.54, 1.807) is 0 Å². The van der Waals surface area contributed by atoms with Crippen molar-refractivity contribution in [1.29, 1.82) is 0 Å². The van der Waals surface area contributed by atoms with Gasteiger partial charge in [0, 0.05) is 31.9 Å². The maximum Gasteiger partial charge on any atom is 0.309 e. The molecule has 1 aliphatic heterocycles. The summed E-state index contributed by atoms with van der Waals surface area (Å²) in [5.74, 6) is -1.06. The number of aryl methyl sites for hydroxylation is 2. The number of carboxylic acid groups (broad SMARTS) is 1. The Hall–Kier alpha value is -1.55. The summed E-state index contributed by atoms with van der Waals surface area (Å²) < 4.78 is 0. The minimum atomic E-state index is -0.723. The molecule has 0 bridgehead atoms. The average Bonchev–Trinajstić information content (AvgIpc) is 2.53. The van der Waals surface area contributed by atoms with Crippen LogP contribution in [0.5, 0.6) is 0 Å². The Bertz CT molecular complexity index is 425. The van der Waals surface area contributed by atoms with Crippen molar-refractivity contribution in [3.63, 3.8) is 0 Å². The number of carbonyl (C=O) groups is 1. The molecule has 18 heavy (non-hydrogen) atoms. The van der Waals surface area contributed by atoms with Gasteiger partial charge in [0.15, 0.2) is 0 Å². The first-order valence-electron chi connectivity index (χ1n) is 6.33. The number of benzene rings is 1. The topological polar surface area (TPSA) is 52.6 Å². The van der Waals surface area contributed by atoms with Crippen molar-refractivity contribution in [2.24, 2.45) is 5.92 Å². The fourth-order valence-electron chi connectivity index (χ4n) is 2.45. The van der Waals surface area contributed by atoms with Crippen LogP contribution >= 0.6 is 0 Å². The molecule has 98 valence electrons. The number of nitrogens with zero attached hydrogens (tertiary/aromatic N) is 1. The van der Waals surface area contributed by atoms with Gasteiger partial charge in [0.25, 0.3) is 0 Å². The second-order valence-corrected chi connectivity index (χ2v) is 5.03. The van der Waals surface area contributed by atoms with Crippen LogP contribution in [-0.4, -0.2) is 37.3 Å². The van der Waals surface area contributed by atoms with Gasteiger partial charge in [-0.05, 0) is 37.1 Å². The lowest BCUT2D eigenvalue weighted by Gasteiger charge is -2.25. The highest BCUT2D eigenvalue weighted by Gasteiger charge is 2.23. The van der Waals surface area contributed by atoms with Crippen molar-refractivity contribution in [1.82, 2.24) is 5.32 Å². The van der Waals surface area contributed by atoms with Crippen molar-refractivity contribution >= 4 is 11.7 Å². The number of rotatable bonds is 2. The molecule has 0 radical (unpaired) electrons. The van der Waals surface area contributed by atoms with Crippen LogP contribution in [0.3, 0.4) is 0 Å². The Morgan fingerprint density at radius 1 is 1.33 bits per heavy atom. The van der Waals surface area contributed by atoms with Gasteiger partial charge in [0.2, 0.25) is 0 Å². The minimum absolute atomic E-state index is 0.340. The summed E-state index contributed by atoms with van der Waals surface area (Å²) in [6.45, 7) is 6.95. The van der Waals surface area contributed by atoms with Crippen LogP contribution in [0.15, 0.2) is 18.2 Å². The number of hydrogen-bond donors (Lipinski definition) is 2. The first-order chi connectivity index (χ1) is 8.56. The molecular formula is C14H20N2O2. The Morgan fingerprint density at radius 3 is 2.61 bits per heavy atom. The van der Waals surface area contributed by atoms with Gasteiger partial charge >= 0.3 is 5.97 Å². The highest BCUT2D eigenvalue weighted by molar-refractivity contribution is 5.71. The quantitative estimate of drug-likeness (QED) is 0.831. The molecule has 1 saturated heterocycles. The maximum atomic E-state index is 11.2. The first kappa shape index (κ1) is 12.9. The third kappa shape index (κ3) is 3.01. The molecule has 4 nitrogen and oxygen atoms in total. The lowest BCUT2D eigenvalue weighted by atomic mass is 10.1. The molecule has 1 fully saturated rings. The highest BCUT2D eigenvalue weighted by atomic mass is 16.4. The van der Waals surface area contributed by atoms with Crippen molar-refractivity contribution in [2.45, 2.75) is 13.8 Å². The number of aliphatic carboxylic acids is 1. The van der Waals surface area contributed by atoms with Gasteiger partial charge in [-0.15, -0.1) is 0 Å². The Morgan fingerprint density at radius 2 is 2.00 bits per heavy atom. The smallest absolute Gasteiger partial charge is 0.309 e. The number of carboxylic acids is 1. The first-order valence-corrected chi connectivity index (χ1v) is 6.33. The lowest BCUT2D eigenvalue weighted by molar-refractivity contribution is -0.141. The van der Waals surface area contributed by atoms with Gasteiger partial charge in [0.1, 0.15) is 0 Å². The molecule has 0 aromatic heterocycles. The minimum Gasteiger partial charge on any atom is -0.481 e. The second kappa shape index (κ2) is 5.40. The summed E-state index contributed by atoms with van der Waals surface area (Å²) in [7, 11) is 0. The summed E-state index contributed by atoms with van der Waals surface area (Å²) in [5, 5.41) is 12.4. The molecule has 1 aromatic carbocycles. The molecule has 1 aliphatic rings. The normalized spacial score (nSPS) is 20.6. The van der Waals surface area contributed by atoms with E-state index in [0.717, 1.165) is 18.8 Å². The summed E-state index contributed by atoms with van der Waals surface area (Å²) in [4.78, 5) is 13.3. The average molecular weight is 248 g/mol. The van der Waals surface area contributed by atoms with Crippen molar-refractivity contribution in [3.8, 4) is 0 Å². The van der Waals surface area contributed by atoms with Crippen LogP contribution in [-0.2, 0) is 4.79 Å². The highest BCUT2D eigenvalue weighted by Crippen LogP contribution is 2.20. The lowest BCUT2D eigenvalue weighted by Crippen LogP contribution is -2.33. The second-order valence-electron chi connectivity index (χ2n) is 5.03. The number of nitrogens with one attached hydrogen (secondary N) is 1. The predicted octanol–water partition coefficient (Wildman–Crippen LogP) is 1.41. The molecular weight excluding hydrogens is 228 g/mol. The summed E-state index contributed by atoms with van der Waals surface area (Å²) >= 11 is 0. The van der Waals surface area contributed by atoms with Gasteiger partial charge < -0.3 is 15.3 Å². The van der Waals surface area contributed by atoms with Gasteiger partial charge in [0.05, 0.1) is 5.92 Å². The van der Waals surface area contributed by atoms with E-state index < -0.39 is 5.97 Å². The Labute approximate surface area is 108 Å². The van der Waals surface area contributed by atoms with E-state index in [-0.39, 0.29) is 5.92 Å². The molecule has 1 unspecified atom stereocenters. The van der Waals surface area contributed by atoms with E-state index >= 15 is 0 Å². The summed E-state index contributed by atoms with van der Waals surface area (Å²) in [6.07, 6.45) is 0. The number of anilines is 1. The molecule has 1 atom stereocenters. The summed E-state index contributed by atoms with van der Waals surface area (Å²) in [5.41, 5.74) is 3.56. The fourth-order valence-corrected chi connectivity index (χ4v) is 2.45. The fraction of sp³-hybridized carbons (Fsp3) is 0.500. The molecule has 0 amide bonds. The van der Waals surface area contributed by atoms with Gasteiger partial charge in [-0.1, -0.05) is 6.07 Å². The van der Waals surface area contributed by atoms with E-state index in [0.29, 0.717) is 13.1 Å². The van der Waals surface area contributed by atoms with Crippen molar-refractivity contribution in [3.05, 3.63) is 29.3 Å². The number of hydrogen-bond acceptors (Lipinski definition) is 3. The standard InChI is InChI=1S/C14H20N2O2/c1-10-5-11(2)7-13(6-10)16-4-3-15-8-12(9-16)14(17)18/h5-7,12,15H,3-4,8-9H2,1-2H3,(H,17,18). The third-order valence-corrected chi connectivity index (χ3v) is 3.31. The van der Waals surface area contributed by atoms with Crippen LogP contribution in [0.2, 0.25) is 0 Å². The molecule has 2 rings (SSSR count). The maximum absolute atomic E-state index is 11.2. The van der Waals surface area contributed by atoms with E-state index in [9.17, 15) is 9.90 Å². The largest absolute Gasteiger partial charge is 0.481 e. The predicted molar refractivity (Wildman–Crippen MR) is 72.1 cm³/mol. The van der Waals surface area contributed by atoms with Gasteiger partial charge in [-0.2, -0.15) is 0 Å². The van der Waals surface area contributed by atoms with Crippen LogP contribution in [0, 0.1) is 19.8 Å². The van der Waals surface area contributed by atoms with E-state index in [2.05, 4.69) is 42.3 Å². The molecule has 1 aromatic rings. The monoisotopic (exact) mass is 248 g/mol. The SMILES string of the molecule is Cc1cc(C)cc(N2CCNCC(C(=O)O)C2)c1. The zero-order valence-electron chi connectivity index (χ0n) is 10.9. The van der Waals surface area contributed by atoms with Crippen LogP contribution in [0.25, 0.3) is 0 Å². The molecule has 0 saturated carbocycles. The molecule has 0 spiro atoms. The van der Waals surface area contributed by atoms with E-state index in [4.69, 9.17) is 0 Å². The van der Waals surface area contributed by atoms with Crippen LogP contribution in [0.1, 0.15) is 11.1 Å². The zero-order valence-corrected chi connectivity index (χ0v) is 10.9. The molecule has 4 heteroatoms. The molecule has 1 heterocycles. The van der Waals surface area contributed by atoms with Crippen molar-refractivity contribution in [2.75, 3.05) is 31.1 Å². The zero-order chi connectivity index (χ0) is 13.1. The Kier molecular flexibility index (Phi) is 3.87. The summed E-state index contributed by atoms with van der Waals surface area (Å²) in [6, 6.07) is 6.38. The Balaban J connectivity index is 2.22. The third-order valence-electron chi connectivity index (χ3n) is 3.31.